The molecule has 0 spiro atoms. The molecule has 0 amide bonds. The van der Waals surface area contributed by atoms with E-state index in [0.717, 1.165) is 34.9 Å². The van der Waals surface area contributed by atoms with Gasteiger partial charge in [0.25, 0.3) is 0 Å². The molecule has 0 bridgehead atoms. The first kappa shape index (κ1) is 17.7. The summed E-state index contributed by atoms with van der Waals surface area (Å²) in [5, 5.41) is 14.5. The van der Waals surface area contributed by atoms with Crippen molar-refractivity contribution in [1.29, 1.82) is 0 Å². The summed E-state index contributed by atoms with van der Waals surface area (Å²) < 4.78 is 15.1. The molecule has 1 heterocycles. The lowest BCUT2D eigenvalue weighted by molar-refractivity contribution is 0.0684. The second-order valence-electron chi connectivity index (χ2n) is 7.22. The van der Waals surface area contributed by atoms with Gasteiger partial charge in [0, 0.05) is 35.6 Å². The molecule has 1 fully saturated rings. The number of carbonyl (C=O) groups is 1. The van der Waals surface area contributed by atoms with Gasteiger partial charge in [-0.2, -0.15) is 0 Å². The third-order valence-corrected chi connectivity index (χ3v) is 5.45. The maximum atomic E-state index is 13.2. The highest BCUT2D eigenvalue weighted by atomic mass is 19.1. The van der Waals surface area contributed by atoms with Crippen LogP contribution in [0.25, 0.3) is 10.9 Å². The number of para-hydroxylation sites is 1. The molecule has 0 radical (unpaired) electrons. The molecule has 0 atom stereocenters. The van der Waals surface area contributed by atoms with Gasteiger partial charge in [0.05, 0.1) is 0 Å². The maximum Gasteiger partial charge on any atom is 0.352 e. The predicted molar refractivity (Wildman–Crippen MR) is 103 cm³/mol. The number of carboxylic acid groups (broad SMARTS) is 1. The number of rotatable bonds is 6. The summed E-state index contributed by atoms with van der Waals surface area (Å²) in [7, 11) is 0. The zero-order chi connectivity index (χ0) is 18.8. The lowest BCUT2D eigenvalue weighted by Gasteiger charge is -2.13. The number of hydrogen-bond donors (Lipinski definition) is 2. The highest BCUT2D eigenvalue weighted by Crippen LogP contribution is 2.28. The van der Waals surface area contributed by atoms with Crippen molar-refractivity contribution in [2.75, 3.05) is 0 Å². The van der Waals surface area contributed by atoms with Gasteiger partial charge in [0.1, 0.15) is 11.5 Å². The van der Waals surface area contributed by atoms with Crippen LogP contribution in [-0.4, -0.2) is 21.7 Å². The van der Waals surface area contributed by atoms with Crippen LogP contribution >= 0.6 is 0 Å². The zero-order valence-electron chi connectivity index (χ0n) is 15.1. The first-order chi connectivity index (χ1) is 13.1. The smallest absolute Gasteiger partial charge is 0.352 e. The minimum atomic E-state index is -0.934. The Morgan fingerprint density at radius 1 is 1.11 bits per heavy atom. The van der Waals surface area contributed by atoms with E-state index in [2.05, 4.69) is 5.32 Å². The van der Waals surface area contributed by atoms with Gasteiger partial charge in [0.2, 0.25) is 0 Å². The van der Waals surface area contributed by atoms with Gasteiger partial charge in [-0.25, -0.2) is 9.18 Å². The van der Waals surface area contributed by atoms with Gasteiger partial charge < -0.3 is 15.0 Å². The van der Waals surface area contributed by atoms with E-state index in [4.69, 9.17) is 0 Å². The van der Waals surface area contributed by atoms with Crippen LogP contribution in [0.3, 0.4) is 0 Å². The van der Waals surface area contributed by atoms with Crippen molar-refractivity contribution >= 4 is 16.9 Å². The summed E-state index contributed by atoms with van der Waals surface area (Å²) in [6.07, 6.45) is 4.76. The SMILES string of the molecule is O=C(O)c1c(CNC2CCCC2)c2ccccc2n1Cc1ccc(F)cc1. The lowest BCUT2D eigenvalue weighted by Crippen LogP contribution is -2.26. The van der Waals surface area contributed by atoms with Crippen LogP contribution in [-0.2, 0) is 13.1 Å². The fourth-order valence-electron chi connectivity index (χ4n) is 4.11. The van der Waals surface area contributed by atoms with Crippen molar-refractivity contribution in [2.24, 2.45) is 0 Å². The molecule has 3 aromatic rings. The number of nitrogens with one attached hydrogen (secondary N) is 1. The van der Waals surface area contributed by atoms with Crippen molar-refractivity contribution in [3.8, 4) is 0 Å². The van der Waals surface area contributed by atoms with Gasteiger partial charge in [0.15, 0.2) is 0 Å². The standard InChI is InChI=1S/C22H23FN2O2/c23-16-11-9-15(10-12-16)14-25-20-8-4-3-7-18(20)19(21(25)22(26)27)13-24-17-5-1-2-6-17/h3-4,7-12,17,24H,1-2,5-6,13-14H2,(H,26,27). The van der Waals surface area contributed by atoms with Crippen molar-refractivity contribution < 1.29 is 14.3 Å². The van der Waals surface area contributed by atoms with Gasteiger partial charge in [-0.05, 0) is 36.6 Å². The molecule has 1 aliphatic carbocycles. The summed E-state index contributed by atoms with van der Waals surface area (Å²) in [4.78, 5) is 12.1. The number of aromatic carboxylic acids is 1. The van der Waals surface area contributed by atoms with E-state index in [9.17, 15) is 14.3 Å². The predicted octanol–water partition coefficient (Wildman–Crippen LogP) is 4.56. The van der Waals surface area contributed by atoms with Gasteiger partial charge >= 0.3 is 5.97 Å². The summed E-state index contributed by atoms with van der Waals surface area (Å²) in [5.41, 5.74) is 2.90. The molecule has 1 saturated carbocycles. The Bertz CT molecular complexity index is 956. The molecule has 1 aliphatic rings. The fourth-order valence-corrected chi connectivity index (χ4v) is 4.11. The van der Waals surface area contributed by atoms with Crippen LogP contribution in [0, 0.1) is 5.82 Å². The van der Waals surface area contributed by atoms with Crippen LogP contribution in [0.15, 0.2) is 48.5 Å². The molecular formula is C22H23FN2O2. The van der Waals surface area contributed by atoms with E-state index >= 15 is 0 Å². The highest BCUT2D eigenvalue weighted by Gasteiger charge is 2.23. The molecule has 140 valence electrons. The topological polar surface area (TPSA) is 54.3 Å². The third-order valence-electron chi connectivity index (χ3n) is 5.45. The van der Waals surface area contributed by atoms with Crippen molar-refractivity contribution in [1.82, 2.24) is 9.88 Å². The summed E-state index contributed by atoms with van der Waals surface area (Å²) in [5.74, 6) is -1.23. The normalized spacial score (nSPS) is 14.9. The molecule has 4 rings (SSSR count). The molecule has 0 aliphatic heterocycles. The van der Waals surface area contributed by atoms with Crippen LogP contribution in [0.2, 0.25) is 0 Å². The Morgan fingerprint density at radius 3 is 2.52 bits per heavy atom. The van der Waals surface area contributed by atoms with Gasteiger partial charge in [-0.1, -0.05) is 43.2 Å². The second-order valence-corrected chi connectivity index (χ2v) is 7.22. The highest BCUT2D eigenvalue weighted by molar-refractivity contribution is 5.98. The van der Waals surface area contributed by atoms with Gasteiger partial charge in [-0.15, -0.1) is 0 Å². The van der Waals surface area contributed by atoms with Crippen molar-refractivity contribution in [3.05, 3.63) is 71.2 Å². The van der Waals surface area contributed by atoms with E-state index in [0.29, 0.717) is 24.8 Å². The summed E-state index contributed by atoms with van der Waals surface area (Å²) in [6, 6.07) is 14.5. The maximum absolute atomic E-state index is 13.2. The Morgan fingerprint density at radius 2 is 1.81 bits per heavy atom. The van der Waals surface area contributed by atoms with E-state index in [1.165, 1.54) is 25.0 Å². The molecule has 2 aromatic carbocycles. The Kier molecular flexibility index (Phi) is 4.94. The van der Waals surface area contributed by atoms with Crippen LogP contribution < -0.4 is 5.32 Å². The number of aromatic nitrogens is 1. The van der Waals surface area contributed by atoms with Crippen LogP contribution in [0.1, 0.15) is 47.3 Å². The molecule has 4 nitrogen and oxygen atoms in total. The van der Waals surface area contributed by atoms with Gasteiger partial charge in [-0.3, -0.25) is 0 Å². The van der Waals surface area contributed by atoms with E-state index in [-0.39, 0.29) is 5.82 Å². The number of fused-ring (bicyclic) bond motifs is 1. The minimum absolute atomic E-state index is 0.295. The number of benzene rings is 2. The van der Waals surface area contributed by atoms with Crippen LogP contribution in [0.5, 0.6) is 0 Å². The molecule has 0 saturated heterocycles. The largest absolute Gasteiger partial charge is 0.477 e. The fraction of sp³-hybridized carbons (Fsp3) is 0.318. The Hall–Kier alpha value is -2.66. The van der Waals surface area contributed by atoms with E-state index in [1.807, 2.05) is 28.8 Å². The number of carboxylic acids is 1. The molecule has 2 N–H and O–H groups in total. The third kappa shape index (κ3) is 3.60. The Balaban J connectivity index is 1.75. The number of halogens is 1. The number of nitrogens with zero attached hydrogens (tertiary/aromatic N) is 1. The zero-order valence-corrected chi connectivity index (χ0v) is 15.1. The molecule has 0 unspecified atom stereocenters. The summed E-state index contributed by atoms with van der Waals surface area (Å²) in [6.45, 7) is 0.940. The van der Waals surface area contributed by atoms with E-state index in [1.54, 1.807) is 12.1 Å². The minimum Gasteiger partial charge on any atom is -0.477 e. The lowest BCUT2D eigenvalue weighted by atomic mass is 10.1. The monoisotopic (exact) mass is 366 g/mol. The first-order valence-electron chi connectivity index (χ1n) is 9.44. The summed E-state index contributed by atoms with van der Waals surface area (Å²) >= 11 is 0. The molecule has 27 heavy (non-hydrogen) atoms. The van der Waals surface area contributed by atoms with Crippen molar-refractivity contribution in [3.63, 3.8) is 0 Å². The average Bonchev–Trinajstić information content (AvgIpc) is 3.28. The second kappa shape index (κ2) is 7.53. The molecular weight excluding hydrogens is 343 g/mol. The number of hydrogen-bond acceptors (Lipinski definition) is 2. The average molecular weight is 366 g/mol. The Labute approximate surface area is 157 Å². The molecule has 5 heteroatoms. The van der Waals surface area contributed by atoms with Crippen LogP contribution in [0.4, 0.5) is 4.39 Å². The quantitative estimate of drug-likeness (QED) is 0.672. The molecule has 1 aromatic heterocycles. The first-order valence-corrected chi connectivity index (χ1v) is 9.44. The van der Waals surface area contributed by atoms with Crippen molar-refractivity contribution in [2.45, 2.75) is 44.8 Å². The van der Waals surface area contributed by atoms with E-state index < -0.39 is 5.97 Å².